The fourth-order valence-electron chi connectivity index (χ4n) is 3.23. The van der Waals surface area contributed by atoms with Crippen LogP contribution in [0.5, 0.6) is 0 Å². The highest BCUT2D eigenvalue weighted by Gasteiger charge is 2.23. The summed E-state index contributed by atoms with van der Waals surface area (Å²) in [5.41, 5.74) is 0.939. The number of hydrogen-bond donors (Lipinski definition) is 1. The number of aromatic nitrogens is 2. The maximum absolute atomic E-state index is 11.2. The molecule has 0 saturated carbocycles. The Balaban J connectivity index is 1.65. The molecule has 1 unspecified atom stereocenters. The third kappa shape index (κ3) is 4.45. The zero-order chi connectivity index (χ0) is 18.5. The third-order valence-corrected chi connectivity index (χ3v) is 4.52. The average Bonchev–Trinajstić information content (AvgIpc) is 2.62. The molecule has 1 fully saturated rings. The van der Waals surface area contributed by atoms with Crippen LogP contribution in [0.3, 0.4) is 0 Å². The summed E-state index contributed by atoms with van der Waals surface area (Å²) in [4.78, 5) is 23.9. The van der Waals surface area contributed by atoms with Crippen molar-refractivity contribution in [2.45, 2.75) is 25.4 Å². The van der Waals surface area contributed by atoms with E-state index in [4.69, 9.17) is 0 Å². The number of piperidine rings is 1. The highest BCUT2D eigenvalue weighted by Crippen LogP contribution is 2.22. The number of nitro groups is 1. The van der Waals surface area contributed by atoms with Crippen LogP contribution in [0.4, 0.5) is 17.5 Å². The van der Waals surface area contributed by atoms with Gasteiger partial charge in [0.15, 0.2) is 0 Å². The summed E-state index contributed by atoms with van der Waals surface area (Å²) in [6.45, 7) is 2.32. The van der Waals surface area contributed by atoms with E-state index in [-0.39, 0.29) is 16.7 Å². The van der Waals surface area contributed by atoms with E-state index in [0.717, 1.165) is 37.3 Å². The maximum atomic E-state index is 11.2. The number of nitrogens with one attached hydrogen (secondary N) is 1. The Morgan fingerprint density at radius 3 is 2.92 bits per heavy atom. The Morgan fingerprint density at radius 2 is 2.15 bits per heavy atom. The van der Waals surface area contributed by atoms with Gasteiger partial charge in [0.25, 0.3) is 5.69 Å². The zero-order valence-corrected chi connectivity index (χ0v) is 15.1. The lowest BCUT2D eigenvalue weighted by Gasteiger charge is -2.33. The van der Waals surface area contributed by atoms with Crippen molar-refractivity contribution in [3.8, 4) is 0 Å². The number of rotatable bonds is 6. The van der Waals surface area contributed by atoms with Crippen molar-refractivity contribution in [3.63, 3.8) is 0 Å². The van der Waals surface area contributed by atoms with E-state index in [1.54, 1.807) is 18.3 Å². The minimum absolute atomic E-state index is 0.185. The van der Waals surface area contributed by atoms with Crippen molar-refractivity contribution < 1.29 is 4.92 Å². The zero-order valence-electron chi connectivity index (χ0n) is 15.1. The van der Waals surface area contributed by atoms with Gasteiger partial charge in [-0.2, -0.15) is 4.98 Å². The predicted octanol–water partition coefficient (Wildman–Crippen LogP) is 2.53. The van der Waals surface area contributed by atoms with Crippen LogP contribution in [0, 0.1) is 10.1 Å². The van der Waals surface area contributed by atoms with E-state index in [1.165, 1.54) is 0 Å². The van der Waals surface area contributed by atoms with Gasteiger partial charge in [-0.25, -0.2) is 4.98 Å². The van der Waals surface area contributed by atoms with Crippen LogP contribution >= 0.6 is 0 Å². The van der Waals surface area contributed by atoms with Gasteiger partial charge in [-0.15, -0.1) is 0 Å². The minimum Gasteiger partial charge on any atom is -0.363 e. The second-order valence-electron chi connectivity index (χ2n) is 6.74. The summed E-state index contributed by atoms with van der Waals surface area (Å²) in [7, 11) is 3.89. The molecule has 1 aliphatic heterocycles. The molecule has 2 aromatic rings. The van der Waals surface area contributed by atoms with Crippen LogP contribution in [-0.4, -0.2) is 53.0 Å². The quantitative estimate of drug-likeness (QED) is 0.628. The van der Waals surface area contributed by atoms with E-state index in [0.29, 0.717) is 12.5 Å². The molecule has 1 atom stereocenters. The SMILES string of the molecule is CN(C)c1ccnc(NC2CCCN(Cc3ccccc3[N+](=O)[O-])C2)n1. The number of nitrogens with zero attached hydrogens (tertiary/aromatic N) is 5. The summed E-state index contributed by atoms with van der Waals surface area (Å²) < 4.78 is 0. The molecule has 2 heterocycles. The Hall–Kier alpha value is -2.74. The highest BCUT2D eigenvalue weighted by molar-refractivity contribution is 5.41. The number of anilines is 2. The first-order chi connectivity index (χ1) is 12.5. The molecule has 8 heteroatoms. The molecule has 0 spiro atoms. The Morgan fingerprint density at radius 1 is 1.35 bits per heavy atom. The largest absolute Gasteiger partial charge is 0.363 e. The topological polar surface area (TPSA) is 87.4 Å². The van der Waals surface area contributed by atoms with Crippen LogP contribution in [0.25, 0.3) is 0 Å². The summed E-state index contributed by atoms with van der Waals surface area (Å²) in [5, 5.41) is 14.6. The molecule has 0 bridgehead atoms. The van der Waals surface area contributed by atoms with Gasteiger partial charge in [0.1, 0.15) is 5.82 Å². The van der Waals surface area contributed by atoms with Crippen molar-refractivity contribution in [1.82, 2.24) is 14.9 Å². The molecule has 1 aromatic heterocycles. The number of likely N-dealkylation sites (tertiary alicyclic amines) is 1. The number of para-hydroxylation sites is 1. The second kappa shape index (κ2) is 8.09. The van der Waals surface area contributed by atoms with Gasteiger partial charge in [0.05, 0.1) is 4.92 Å². The Kier molecular flexibility index (Phi) is 5.62. The molecule has 8 nitrogen and oxygen atoms in total. The molecule has 1 aromatic carbocycles. The molecule has 1 N–H and O–H groups in total. The van der Waals surface area contributed by atoms with E-state index in [2.05, 4.69) is 20.2 Å². The van der Waals surface area contributed by atoms with E-state index in [1.807, 2.05) is 37.2 Å². The van der Waals surface area contributed by atoms with Crippen LogP contribution in [0.2, 0.25) is 0 Å². The van der Waals surface area contributed by atoms with Gasteiger partial charge in [-0.1, -0.05) is 18.2 Å². The predicted molar refractivity (Wildman–Crippen MR) is 101 cm³/mol. The van der Waals surface area contributed by atoms with Crippen molar-refractivity contribution in [2.75, 3.05) is 37.4 Å². The second-order valence-corrected chi connectivity index (χ2v) is 6.74. The van der Waals surface area contributed by atoms with Crippen LogP contribution < -0.4 is 10.2 Å². The monoisotopic (exact) mass is 356 g/mol. The minimum atomic E-state index is -0.310. The summed E-state index contributed by atoms with van der Waals surface area (Å²) in [5.74, 6) is 1.48. The molecule has 1 aliphatic rings. The lowest BCUT2D eigenvalue weighted by Crippen LogP contribution is -2.42. The van der Waals surface area contributed by atoms with Crippen LogP contribution in [0.1, 0.15) is 18.4 Å². The summed E-state index contributed by atoms with van der Waals surface area (Å²) in [6, 6.07) is 9.05. The molecule has 0 radical (unpaired) electrons. The van der Waals surface area contributed by atoms with Gasteiger partial charge in [0.2, 0.25) is 5.95 Å². The van der Waals surface area contributed by atoms with Crippen molar-refractivity contribution >= 4 is 17.5 Å². The average molecular weight is 356 g/mol. The lowest BCUT2D eigenvalue weighted by atomic mass is 10.0. The summed E-state index contributed by atoms with van der Waals surface area (Å²) >= 11 is 0. The highest BCUT2D eigenvalue weighted by atomic mass is 16.6. The number of nitro benzene ring substituents is 1. The number of hydrogen-bond acceptors (Lipinski definition) is 7. The first kappa shape index (κ1) is 18.1. The van der Waals surface area contributed by atoms with Crippen molar-refractivity contribution in [3.05, 3.63) is 52.2 Å². The van der Waals surface area contributed by atoms with Crippen molar-refractivity contribution in [1.29, 1.82) is 0 Å². The van der Waals surface area contributed by atoms with Gasteiger partial charge in [-0.3, -0.25) is 15.0 Å². The molecular weight excluding hydrogens is 332 g/mol. The molecular formula is C18H24N6O2. The molecule has 0 aliphatic carbocycles. The Labute approximate surface area is 153 Å². The standard InChI is InChI=1S/C18H24N6O2/c1-22(2)17-9-10-19-18(21-17)20-15-7-5-11-23(13-15)12-14-6-3-4-8-16(14)24(25)26/h3-4,6,8-10,15H,5,7,11-13H2,1-2H3,(H,19,20,21). The van der Waals surface area contributed by atoms with Gasteiger partial charge < -0.3 is 10.2 Å². The summed E-state index contributed by atoms with van der Waals surface area (Å²) in [6.07, 6.45) is 3.81. The van der Waals surface area contributed by atoms with Gasteiger partial charge in [-0.05, 0) is 25.5 Å². The first-order valence-corrected chi connectivity index (χ1v) is 8.74. The smallest absolute Gasteiger partial charge is 0.273 e. The van der Waals surface area contributed by atoms with E-state index >= 15 is 0 Å². The fraction of sp³-hybridized carbons (Fsp3) is 0.444. The normalized spacial score (nSPS) is 17.7. The molecule has 26 heavy (non-hydrogen) atoms. The fourth-order valence-corrected chi connectivity index (χ4v) is 3.23. The van der Waals surface area contributed by atoms with Crippen molar-refractivity contribution in [2.24, 2.45) is 0 Å². The maximum Gasteiger partial charge on any atom is 0.273 e. The van der Waals surface area contributed by atoms with E-state index in [9.17, 15) is 10.1 Å². The third-order valence-electron chi connectivity index (χ3n) is 4.52. The van der Waals surface area contributed by atoms with Crippen LogP contribution in [-0.2, 0) is 6.54 Å². The van der Waals surface area contributed by atoms with Gasteiger partial charge in [0, 0.05) is 51.1 Å². The van der Waals surface area contributed by atoms with E-state index < -0.39 is 0 Å². The lowest BCUT2D eigenvalue weighted by molar-refractivity contribution is -0.385. The molecule has 0 amide bonds. The number of benzene rings is 1. The molecule has 3 rings (SSSR count). The molecule has 1 saturated heterocycles. The van der Waals surface area contributed by atoms with Crippen LogP contribution in [0.15, 0.2) is 36.5 Å². The molecule has 138 valence electrons. The Bertz CT molecular complexity index is 767. The first-order valence-electron chi connectivity index (χ1n) is 8.74. The van der Waals surface area contributed by atoms with Gasteiger partial charge >= 0.3 is 0 Å².